The van der Waals surface area contributed by atoms with E-state index in [9.17, 15) is 4.39 Å². The van der Waals surface area contributed by atoms with E-state index in [1.54, 1.807) is 6.07 Å². The number of hydrogen-bond acceptors (Lipinski definition) is 1. The van der Waals surface area contributed by atoms with E-state index in [0.29, 0.717) is 17.9 Å². The van der Waals surface area contributed by atoms with Gasteiger partial charge in [-0.3, -0.25) is 0 Å². The summed E-state index contributed by atoms with van der Waals surface area (Å²) in [5.41, 5.74) is 3.46. The minimum atomic E-state index is -0.150. The molecular weight excluding hydrogens is 249 g/mol. The fourth-order valence-corrected chi connectivity index (χ4v) is 3.56. The van der Waals surface area contributed by atoms with Crippen LogP contribution in [0.2, 0.25) is 0 Å². The van der Waals surface area contributed by atoms with Gasteiger partial charge in [0.25, 0.3) is 0 Å². The molecule has 0 radical (unpaired) electrons. The van der Waals surface area contributed by atoms with E-state index in [1.807, 2.05) is 12.1 Å². The molecule has 0 saturated heterocycles. The zero-order valence-electron chi connectivity index (χ0n) is 11.1. The van der Waals surface area contributed by atoms with Crippen molar-refractivity contribution in [2.24, 2.45) is 5.92 Å². The van der Waals surface area contributed by atoms with Gasteiger partial charge in [-0.05, 0) is 41.7 Å². The first-order valence-electron chi connectivity index (χ1n) is 7.10. The first-order chi connectivity index (χ1) is 9.83. The second-order valence-electron chi connectivity index (χ2n) is 5.62. The van der Waals surface area contributed by atoms with Gasteiger partial charge in [0, 0.05) is 11.6 Å². The maximum atomic E-state index is 13.5. The molecule has 4 rings (SSSR count). The lowest BCUT2D eigenvalue weighted by molar-refractivity contribution is 0.424. The summed E-state index contributed by atoms with van der Waals surface area (Å²) in [4.78, 5) is 0. The fraction of sp³-hybridized carbons (Fsp3) is 0.222. The first-order valence-corrected chi connectivity index (χ1v) is 7.10. The van der Waals surface area contributed by atoms with Gasteiger partial charge in [-0.15, -0.1) is 0 Å². The molecule has 1 aliphatic carbocycles. The van der Waals surface area contributed by atoms with Crippen LogP contribution >= 0.6 is 0 Å². The molecule has 100 valence electrons. The summed E-state index contributed by atoms with van der Waals surface area (Å²) in [6, 6.07) is 15.9. The standard InChI is InChI=1S/C18H16FN/c19-13-9-10-17-16(11-13)14-7-4-8-15(14)18(20-17)12-5-2-1-3-6-12/h1-7,9-11,14-15,18,20H,8H2/t14-,15+,18+/m1/s1. The van der Waals surface area contributed by atoms with E-state index >= 15 is 0 Å². The van der Waals surface area contributed by atoms with Crippen LogP contribution in [0.1, 0.15) is 29.5 Å². The minimum Gasteiger partial charge on any atom is -0.378 e. The zero-order chi connectivity index (χ0) is 13.5. The van der Waals surface area contributed by atoms with Gasteiger partial charge < -0.3 is 5.32 Å². The molecule has 0 bridgehead atoms. The molecule has 1 aliphatic heterocycles. The molecule has 1 heterocycles. The predicted octanol–water partition coefficient (Wildman–Crippen LogP) is 4.65. The molecular formula is C18H16FN. The van der Waals surface area contributed by atoms with Gasteiger partial charge in [-0.25, -0.2) is 4.39 Å². The number of halogens is 1. The monoisotopic (exact) mass is 265 g/mol. The number of hydrogen-bond donors (Lipinski definition) is 1. The molecule has 0 fully saturated rings. The number of allylic oxidation sites excluding steroid dienone is 2. The molecule has 20 heavy (non-hydrogen) atoms. The van der Waals surface area contributed by atoms with Crippen molar-refractivity contribution in [1.82, 2.24) is 0 Å². The molecule has 0 unspecified atom stereocenters. The molecule has 1 nitrogen and oxygen atoms in total. The van der Waals surface area contributed by atoms with Gasteiger partial charge >= 0.3 is 0 Å². The van der Waals surface area contributed by atoms with E-state index in [4.69, 9.17) is 0 Å². The molecule has 2 aromatic carbocycles. The van der Waals surface area contributed by atoms with Gasteiger partial charge in [0.05, 0.1) is 6.04 Å². The SMILES string of the molecule is Fc1ccc2c(c1)[C@@H]1C=CC[C@@H]1[C@H](c1ccccc1)N2. The lowest BCUT2D eigenvalue weighted by Crippen LogP contribution is -2.29. The summed E-state index contributed by atoms with van der Waals surface area (Å²) in [6.45, 7) is 0. The van der Waals surface area contributed by atoms with Gasteiger partial charge in [0.2, 0.25) is 0 Å². The van der Waals surface area contributed by atoms with Crippen LogP contribution in [-0.2, 0) is 0 Å². The highest BCUT2D eigenvalue weighted by atomic mass is 19.1. The third kappa shape index (κ3) is 1.75. The Balaban J connectivity index is 1.80. The van der Waals surface area contributed by atoms with Crippen molar-refractivity contribution in [3.8, 4) is 0 Å². The molecule has 1 N–H and O–H groups in total. The Hall–Kier alpha value is -2.09. The highest BCUT2D eigenvalue weighted by molar-refractivity contribution is 5.59. The van der Waals surface area contributed by atoms with Gasteiger partial charge in [-0.2, -0.15) is 0 Å². The molecule has 2 aliphatic rings. The normalized spacial score (nSPS) is 26.8. The highest BCUT2D eigenvalue weighted by Crippen LogP contribution is 2.49. The molecule has 3 atom stereocenters. The van der Waals surface area contributed by atoms with Crippen LogP contribution in [0.4, 0.5) is 10.1 Å². The van der Waals surface area contributed by atoms with Crippen molar-refractivity contribution in [2.45, 2.75) is 18.4 Å². The number of nitrogens with one attached hydrogen (secondary N) is 1. The molecule has 0 saturated carbocycles. The summed E-state index contributed by atoms with van der Waals surface area (Å²) in [6.07, 6.45) is 5.51. The Morgan fingerprint density at radius 2 is 1.90 bits per heavy atom. The van der Waals surface area contributed by atoms with Crippen LogP contribution in [0.25, 0.3) is 0 Å². The van der Waals surface area contributed by atoms with Crippen LogP contribution in [0, 0.1) is 11.7 Å². The fourth-order valence-electron chi connectivity index (χ4n) is 3.56. The molecule has 2 heteroatoms. The molecule has 0 aromatic heterocycles. The summed E-state index contributed by atoms with van der Waals surface area (Å²) >= 11 is 0. The first kappa shape index (κ1) is 11.7. The third-order valence-corrected chi connectivity index (χ3v) is 4.48. The van der Waals surface area contributed by atoms with Gasteiger partial charge in [0.15, 0.2) is 0 Å². The van der Waals surface area contributed by atoms with Crippen LogP contribution < -0.4 is 5.32 Å². The summed E-state index contributed by atoms with van der Waals surface area (Å²) < 4.78 is 13.5. The second kappa shape index (κ2) is 4.48. The highest BCUT2D eigenvalue weighted by Gasteiger charge is 2.37. The van der Waals surface area contributed by atoms with Crippen LogP contribution in [0.3, 0.4) is 0 Å². The lowest BCUT2D eigenvalue weighted by atomic mass is 9.77. The van der Waals surface area contributed by atoms with Crippen molar-refractivity contribution < 1.29 is 4.39 Å². The van der Waals surface area contributed by atoms with E-state index in [1.165, 1.54) is 11.6 Å². The summed E-state index contributed by atoms with van der Waals surface area (Å²) in [5.74, 6) is 0.654. The minimum absolute atomic E-state index is 0.150. The number of benzene rings is 2. The Morgan fingerprint density at radius 3 is 2.75 bits per heavy atom. The Bertz CT molecular complexity index is 662. The van der Waals surface area contributed by atoms with E-state index in [-0.39, 0.29) is 5.82 Å². The van der Waals surface area contributed by atoms with Crippen LogP contribution in [0.5, 0.6) is 0 Å². The van der Waals surface area contributed by atoms with Crippen LogP contribution in [-0.4, -0.2) is 0 Å². The smallest absolute Gasteiger partial charge is 0.123 e. The van der Waals surface area contributed by atoms with Crippen molar-refractivity contribution >= 4 is 5.69 Å². The average molecular weight is 265 g/mol. The number of rotatable bonds is 1. The molecule has 2 aromatic rings. The molecule has 0 amide bonds. The largest absolute Gasteiger partial charge is 0.378 e. The number of fused-ring (bicyclic) bond motifs is 3. The van der Waals surface area contributed by atoms with E-state index < -0.39 is 0 Å². The summed E-state index contributed by atoms with van der Waals surface area (Å²) in [7, 11) is 0. The second-order valence-corrected chi connectivity index (χ2v) is 5.62. The van der Waals surface area contributed by atoms with E-state index in [2.05, 4.69) is 41.7 Å². The van der Waals surface area contributed by atoms with Gasteiger partial charge in [0.1, 0.15) is 5.82 Å². The van der Waals surface area contributed by atoms with Gasteiger partial charge in [-0.1, -0.05) is 42.5 Å². The van der Waals surface area contributed by atoms with Crippen molar-refractivity contribution in [2.75, 3.05) is 5.32 Å². The topological polar surface area (TPSA) is 12.0 Å². The Labute approximate surface area is 118 Å². The Morgan fingerprint density at radius 1 is 1.05 bits per heavy atom. The predicted molar refractivity (Wildman–Crippen MR) is 79.2 cm³/mol. The molecule has 0 spiro atoms. The lowest BCUT2D eigenvalue weighted by Gasteiger charge is -2.37. The summed E-state index contributed by atoms with van der Waals surface area (Å²) in [5, 5.41) is 3.61. The zero-order valence-corrected chi connectivity index (χ0v) is 11.1. The van der Waals surface area contributed by atoms with E-state index in [0.717, 1.165) is 17.7 Å². The van der Waals surface area contributed by atoms with Crippen molar-refractivity contribution in [1.29, 1.82) is 0 Å². The maximum Gasteiger partial charge on any atom is 0.123 e. The maximum absolute atomic E-state index is 13.5. The third-order valence-electron chi connectivity index (χ3n) is 4.48. The Kier molecular flexibility index (Phi) is 2.62. The quantitative estimate of drug-likeness (QED) is 0.740. The number of anilines is 1. The average Bonchev–Trinajstić information content (AvgIpc) is 2.97. The van der Waals surface area contributed by atoms with Crippen molar-refractivity contribution in [3.05, 3.63) is 77.6 Å². The van der Waals surface area contributed by atoms with Crippen LogP contribution in [0.15, 0.2) is 60.7 Å². The van der Waals surface area contributed by atoms with Crippen molar-refractivity contribution in [3.63, 3.8) is 0 Å².